The summed E-state index contributed by atoms with van der Waals surface area (Å²) in [5, 5.41) is 3.56. The fraction of sp³-hybridized carbons (Fsp3) is 0.625. The van der Waals surface area contributed by atoms with Gasteiger partial charge in [-0.15, -0.1) is 0 Å². The van der Waals surface area contributed by atoms with Gasteiger partial charge in [-0.3, -0.25) is 0 Å². The molecular formula is C16H27N. The fourth-order valence-electron chi connectivity index (χ4n) is 2.10. The van der Waals surface area contributed by atoms with Crippen molar-refractivity contribution >= 4 is 0 Å². The van der Waals surface area contributed by atoms with Crippen LogP contribution in [0.2, 0.25) is 0 Å². The normalized spacial score (nSPS) is 13.4. The summed E-state index contributed by atoms with van der Waals surface area (Å²) >= 11 is 0. The van der Waals surface area contributed by atoms with Crippen molar-refractivity contribution in [2.75, 3.05) is 6.54 Å². The van der Waals surface area contributed by atoms with Crippen LogP contribution in [-0.2, 0) is 0 Å². The maximum absolute atomic E-state index is 3.56. The molecule has 0 heterocycles. The molecule has 1 aromatic rings. The largest absolute Gasteiger partial charge is 0.314 e. The van der Waals surface area contributed by atoms with Crippen LogP contribution in [0.25, 0.3) is 0 Å². The van der Waals surface area contributed by atoms with E-state index in [4.69, 9.17) is 0 Å². The Labute approximate surface area is 107 Å². The third-order valence-electron chi connectivity index (χ3n) is 3.51. The molecule has 1 heteroatoms. The summed E-state index contributed by atoms with van der Waals surface area (Å²) in [6, 6.07) is 7.44. The minimum atomic E-state index is 0.558. The lowest BCUT2D eigenvalue weighted by Crippen LogP contribution is -2.30. The Kier molecular flexibility index (Phi) is 5.20. The lowest BCUT2D eigenvalue weighted by atomic mass is 9.87. The van der Waals surface area contributed by atoms with Gasteiger partial charge in [0.1, 0.15) is 0 Å². The topological polar surface area (TPSA) is 12.0 Å². The summed E-state index contributed by atoms with van der Waals surface area (Å²) in [7, 11) is 0. The van der Waals surface area contributed by atoms with Crippen molar-refractivity contribution in [2.24, 2.45) is 5.92 Å². The highest BCUT2D eigenvalue weighted by Gasteiger charge is 2.16. The zero-order chi connectivity index (χ0) is 13.0. The standard InChI is InChI=1S/C16H27N/c1-11(2)16(10-17-12(3)4)15-8-7-13(5)14(6)9-15/h7-9,11-12,16-17H,10H2,1-6H3. The molecule has 96 valence electrons. The van der Waals surface area contributed by atoms with Crippen LogP contribution in [0.5, 0.6) is 0 Å². The average molecular weight is 233 g/mol. The quantitative estimate of drug-likeness (QED) is 0.809. The molecule has 0 aliphatic rings. The molecule has 1 unspecified atom stereocenters. The monoisotopic (exact) mass is 233 g/mol. The Balaban J connectivity index is 2.85. The van der Waals surface area contributed by atoms with Gasteiger partial charge in [0.15, 0.2) is 0 Å². The van der Waals surface area contributed by atoms with Crippen molar-refractivity contribution in [2.45, 2.75) is 53.5 Å². The smallest absolute Gasteiger partial charge is 0.00249 e. The SMILES string of the molecule is Cc1ccc(C(CNC(C)C)C(C)C)cc1C. The Morgan fingerprint density at radius 3 is 2.12 bits per heavy atom. The molecule has 1 nitrogen and oxygen atoms in total. The number of hydrogen-bond donors (Lipinski definition) is 1. The van der Waals surface area contributed by atoms with Crippen molar-refractivity contribution in [1.82, 2.24) is 5.32 Å². The van der Waals surface area contributed by atoms with E-state index >= 15 is 0 Å². The Morgan fingerprint density at radius 2 is 1.65 bits per heavy atom. The lowest BCUT2D eigenvalue weighted by Gasteiger charge is -2.24. The summed E-state index contributed by atoms with van der Waals surface area (Å²) in [5.41, 5.74) is 4.25. The van der Waals surface area contributed by atoms with Gasteiger partial charge in [-0.2, -0.15) is 0 Å². The summed E-state index contributed by atoms with van der Waals surface area (Å²) in [5.74, 6) is 1.28. The van der Waals surface area contributed by atoms with Gasteiger partial charge in [0.05, 0.1) is 0 Å². The van der Waals surface area contributed by atoms with Gasteiger partial charge in [-0.1, -0.05) is 45.9 Å². The second-order valence-corrected chi connectivity index (χ2v) is 5.76. The molecule has 0 aliphatic heterocycles. The van der Waals surface area contributed by atoms with Crippen LogP contribution in [0.4, 0.5) is 0 Å². The van der Waals surface area contributed by atoms with Gasteiger partial charge in [0.25, 0.3) is 0 Å². The second-order valence-electron chi connectivity index (χ2n) is 5.76. The first-order valence-corrected chi connectivity index (χ1v) is 6.72. The van der Waals surface area contributed by atoms with E-state index < -0.39 is 0 Å². The summed E-state index contributed by atoms with van der Waals surface area (Å²) in [4.78, 5) is 0. The maximum Gasteiger partial charge on any atom is 0.00249 e. The van der Waals surface area contributed by atoms with E-state index in [-0.39, 0.29) is 0 Å². The summed E-state index contributed by atoms with van der Waals surface area (Å²) in [6.45, 7) is 14.5. The number of rotatable bonds is 5. The number of aryl methyl sites for hydroxylation is 2. The molecule has 0 fully saturated rings. The van der Waals surface area contributed by atoms with E-state index in [1.165, 1.54) is 16.7 Å². The van der Waals surface area contributed by atoms with Gasteiger partial charge >= 0.3 is 0 Å². The highest BCUT2D eigenvalue weighted by molar-refractivity contribution is 5.32. The van der Waals surface area contributed by atoms with Crippen LogP contribution in [-0.4, -0.2) is 12.6 Å². The number of nitrogens with one attached hydrogen (secondary N) is 1. The molecule has 0 saturated carbocycles. The van der Waals surface area contributed by atoms with Gasteiger partial charge in [-0.25, -0.2) is 0 Å². The lowest BCUT2D eigenvalue weighted by molar-refractivity contribution is 0.441. The number of benzene rings is 1. The van der Waals surface area contributed by atoms with Crippen LogP contribution in [0.15, 0.2) is 18.2 Å². The average Bonchev–Trinajstić information content (AvgIpc) is 2.22. The highest BCUT2D eigenvalue weighted by Crippen LogP contribution is 2.25. The molecule has 0 saturated heterocycles. The second kappa shape index (κ2) is 6.20. The van der Waals surface area contributed by atoms with Crippen LogP contribution in [0.3, 0.4) is 0 Å². The van der Waals surface area contributed by atoms with Crippen LogP contribution >= 0.6 is 0 Å². The van der Waals surface area contributed by atoms with Crippen molar-refractivity contribution < 1.29 is 0 Å². The molecular weight excluding hydrogens is 206 g/mol. The van der Waals surface area contributed by atoms with Crippen molar-refractivity contribution in [1.29, 1.82) is 0 Å². The zero-order valence-electron chi connectivity index (χ0n) is 12.2. The molecule has 1 N–H and O–H groups in total. The maximum atomic E-state index is 3.56. The molecule has 17 heavy (non-hydrogen) atoms. The first-order chi connectivity index (χ1) is 7.91. The van der Waals surface area contributed by atoms with Gasteiger partial charge in [0.2, 0.25) is 0 Å². The van der Waals surface area contributed by atoms with Crippen LogP contribution in [0, 0.1) is 19.8 Å². The third kappa shape index (κ3) is 4.16. The zero-order valence-corrected chi connectivity index (χ0v) is 12.2. The predicted octanol–water partition coefficient (Wildman–Crippen LogP) is 4.04. The molecule has 0 radical (unpaired) electrons. The molecule has 0 bridgehead atoms. The van der Waals surface area contributed by atoms with Crippen molar-refractivity contribution in [3.8, 4) is 0 Å². The minimum Gasteiger partial charge on any atom is -0.314 e. The van der Waals surface area contributed by atoms with Crippen LogP contribution < -0.4 is 5.32 Å². The molecule has 0 aromatic heterocycles. The highest BCUT2D eigenvalue weighted by atomic mass is 14.9. The van der Waals surface area contributed by atoms with E-state index in [0.29, 0.717) is 17.9 Å². The van der Waals surface area contributed by atoms with E-state index in [9.17, 15) is 0 Å². The van der Waals surface area contributed by atoms with E-state index in [2.05, 4.69) is 65.1 Å². The summed E-state index contributed by atoms with van der Waals surface area (Å²) in [6.07, 6.45) is 0. The molecule has 0 spiro atoms. The molecule has 1 rings (SSSR count). The van der Waals surface area contributed by atoms with E-state index in [0.717, 1.165) is 6.54 Å². The van der Waals surface area contributed by atoms with Crippen molar-refractivity contribution in [3.63, 3.8) is 0 Å². The fourth-order valence-corrected chi connectivity index (χ4v) is 2.10. The van der Waals surface area contributed by atoms with Gasteiger partial charge in [0, 0.05) is 12.6 Å². The predicted molar refractivity (Wildman–Crippen MR) is 76.6 cm³/mol. The Bertz CT molecular complexity index is 353. The first kappa shape index (κ1) is 14.2. The van der Waals surface area contributed by atoms with Crippen molar-refractivity contribution in [3.05, 3.63) is 34.9 Å². The minimum absolute atomic E-state index is 0.558. The summed E-state index contributed by atoms with van der Waals surface area (Å²) < 4.78 is 0. The van der Waals surface area contributed by atoms with E-state index in [1.807, 2.05) is 0 Å². The van der Waals surface area contributed by atoms with Gasteiger partial charge < -0.3 is 5.32 Å². The van der Waals surface area contributed by atoms with Crippen LogP contribution in [0.1, 0.15) is 50.3 Å². The number of hydrogen-bond acceptors (Lipinski definition) is 1. The molecule has 1 aromatic carbocycles. The molecule has 0 amide bonds. The Morgan fingerprint density at radius 1 is 1.00 bits per heavy atom. The first-order valence-electron chi connectivity index (χ1n) is 6.72. The van der Waals surface area contributed by atoms with E-state index in [1.54, 1.807) is 0 Å². The molecule has 0 aliphatic carbocycles. The third-order valence-corrected chi connectivity index (χ3v) is 3.51. The molecule has 1 atom stereocenters. The Hall–Kier alpha value is -0.820. The van der Waals surface area contributed by atoms with Gasteiger partial charge in [-0.05, 0) is 42.4 Å².